The molecule has 3 aliphatic rings. The zero-order chi connectivity index (χ0) is 20.0. The summed E-state index contributed by atoms with van der Waals surface area (Å²) >= 11 is 0. The Labute approximate surface area is 170 Å². The van der Waals surface area contributed by atoms with Gasteiger partial charge in [0.15, 0.2) is 5.78 Å². The maximum absolute atomic E-state index is 12.8. The Morgan fingerprint density at radius 3 is 2.55 bits per heavy atom. The Morgan fingerprint density at radius 2 is 1.83 bits per heavy atom. The summed E-state index contributed by atoms with van der Waals surface area (Å²) in [6.45, 7) is 2.15. The third kappa shape index (κ3) is 3.72. The zero-order valence-corrected chi connectivity index (χ0v) is 16.4. The molecule has 2 aromatic rings. The Kier molecular flexibility index (Phi) is 4.52. The molecule has 1 amide bonds. The van der Waals surface area contributed by atoms with Gasteiger partial charge in [-0.1, -0.05) is 30.3 Å². The van der Waals surface area contributed by atoms with Gasteiger partial charge in [-0.3, -0.25) is 14.5 Å². The molecule has 2 aromatic carbocycles. The first-order valence-corrected chi connectivity index (χ1v) is 10.4. The van der Waals surface area contributed by atoms with Crippen molar-refractivity contribution >= 4 is 17.4 Å². The second-order valence-electron chi connectivity index (χ2n) is 9.03. The van der Waals surface area contributed by atoms with Gasteiger partial charge < -0.3 is 10.4 Å². The molecule has 0 radical (unpaired) electrons. The van der Waals surface area contributed by atoms with Crippen LogP contribution in [-0.4, -0.2) is 46.9 Å². The number of aliphatic hydroxyl groups is 1. The summed E-state index contributed by atoms with van der Waals surface area (Å²) < 4.78 is 0. The number of nitrogens with one attached hydrogen (secondary N) is 1. The van der Waals surface area contributed by atoms with E-state index >= 15 is 0 Å². The SMILES string of the molecule is O=C1Cc2cc(C(=O)CN3C[C@@H]4C[C@](O)(Cc5ccccc5)C[C@@H]4C3)ccc2N1. The van der Waals surface area contributed by atoms with Crippen LogP contribution in [0.25, 0.3) is 0 Å². The normalized spacial score (nSPS) is 28.2. The molecule has 5 rings (SSSR count). The summed E-state index contributed by atoms with van der Waals surface area (Å²) in [4.78, 5) is 26.5. The maximum atomic E-state index is 12.8. The first-order chi connectivity index (χ1) is 14.0. The van der Waals surface area contributed by atoms with Gasteiger partial charge in [0.25, 0.3) is 0 Å². The van der Waals surface area contributed by atoms with Crippen LogP contribution in [0.4, 0.5) is 5.69 Å². The van der Waals surface area contributed by atoms with Gasteiger partial charge in [0.2, 0.25) is 5.91 Å². The summed E-state index contributed by atoms with van der Waals surface area (Å²) in [5, 5.41) is 13.9. The smallest absolute Gasteiger partial charge is 0.228 e. The Bertz CT molecular complexity index is 942. The van der Waals surface area contributed by atoms with Crippen LogP contribution in [0.3, 0.4) is 0 Å². The van der Waals surface area contributed by atoms with E-state index in [1.165, 1.54) is 5.56 Å². The van der Waals surface area contributed by atoms with Gasteiger partial charge in [0.05, 0.1) is 18.6 Å². The molecular weight excluding hydrogens is 364 g/mol. The molecule has 150 valence electrons. The molecule has 2 aliphatic heterocycles. The lowest BCUT2D eigenvalue weighted by atomic mass is 9.91. The molecule has 0 unspecified atom stereocenters. The largest absolute Gasteiger partial charge is 0.390 e. The van der Waals surface area contributed by atoms with Crippen molar-refractivity contribution in [2.75, 3.05) is 25.0 Å². The molecule has 2 heterocycles. The number of hydrogen-bond donors (Lipinski definition) is 2. The molecule has 1 saturated heterocycles. The molecule has 1 aliphatic carbocycles. The van der Waals surface area contributed by atoms with Gasteiger partial charge in [-0.2, -0.15) is 0 Å². The molecule has 2 fully saturated rings. The lowest BCUT2D eigenvalue weighted by molar-refractivity contribution is -0.115. The number of anilines is 1. The molecule has 0 aromatic heterocycles. The van der Waals surface area contributed by atoms with E-state index in [0.717, 1.165) is 37.2 Å². The van der Waals surface area contributed by atoms with Crippen molar-refractivity contribution in [1.82, 2.24) is 4.90 Å². The van der Waals surface area contributed by atoms with E-state index in [9.17, 15) is 14.7 Å². The summed E-state index contributed by atoms with van der Waals surface area (Å²) in [7, 11) is 0. The predicted octanol–water partition coefficient (Wildman–Crippen LogP) is 2.68. The van der Waals surface area contributed by atoms with Crippen molar-refractivity contribution in [3.63, 3.8) is 0 Å². The number of benzene rings is 2. The van der Waals surface area contributed by atoms with Crippen LogP contribution in [0, 0.1) is 11.8 Å². The van der Waals surface area contributed by atoms with Gasteiger partial charge in [-0.15, -0.1) is 0 Å². The highest BCUT2D eigenvalue weighted by Crippen LogP contribution is 2.45. The van der Waals surface area contributed by atoms with Crippen LogP contribution < -0.4 is 5.32 Å². The van der Waals surface area contributed by atoms with Crippen LogP contribution >= 0.6 is 0 Å². The molecular formula is C24H26N2O3. The fourth-order valence-electron chi connectivity index (χ4n) is 5.50. The van der Waals surface area contributed by atoms with E-state index in [0.29, 0.717) is 36.8 Å². The molecule has 0 spiro atoms. The predicted molar refractivity (Wildman–Crippen MR) is 111 cm³/mol. The maximum Gasteiger partial charge on any atom is 0.228 e. The zero-order valence-electron chi connectivity index (χ0n) is 16.4. The first kappa shape index (κ1) is 18.5. The second kappa shape index (κ2) is 7.08. The van der Waals surface area contributed by atoms with E-state index in [1.54, 1.807) is 0 Å². The fourth-order valence-corrected chi connectivity index (χ4v) is 5.50. The lowest BCUT2D eigenvalue weighted by Gasteiger charge is -2.26. The third-order valence-corrected chi connectivity index (χ3v) is 6.73. The minimum atomic E-state index is -0.619. The van der Waals surface area contributed by atoms with Gasteiger partial charge in [-0.05, 0) is 54.0 Å². The van der Waals surface area contributed by atoms with Crippen LogP contribution in [-0.2, 0) is 17.6 Å². The molecule has 2 N–H and O–H groups in total. The van der Waals surface area contributed by atoms with Crippen molar-refractivity contribution < 1.29 is 14.7 Å². The van der Waals surface area contributed by atoms with E-state index in [4.69, 9.17) is 0 Å². The minimum Gasteiger partial charge on any atom is -0.390 e. The lowest BCUT2D eigenvalue weighted by Crippen LogP contribution is -2.34. The number of rotatable bonds is 5. The highest BCUT2D eigenvalue weighted by molar-refractivity contribution is 6.02. The van der Waals surface area contributed by atoms with E-state index in [-0.39, 0.29) is 11.7 Å². The Balaban J connectivity index is 1.18. The van der Waals surface area contributed by atoms with Crippen LogP contribution in [0.1, 0.15) is 34.3 Å². The number of carbonyl (C=O) groups excluding carboxylic acids is 2. The van der Waals surface area contributed by atoms with Crippen molar-refractivity contribution in [1.29, 1.82) is 0 Å². The number of hydrogen-bond acceptors (Lipinski definition) is 4. The summed E-state index contributed by atoms with van der Waals surface area (Å²) in [6, 6.07) is 15.7. The van der Waals surface area contributed by atoms with Crippen molar-refractivity contribution in [3.05, 3.63) is 65.2 Å². The van der Waals surface area contributed by atoms with E-state index < -0.39 is 5.60 Å². The van der Waals surface area contributed by atoms with E-state index in [2.05, 4.69) is 22.3 Å². The standard InChI is InChI=1S/C24H26N2O3/c27-22(17-6-7-21-18(8-17)9-23(28)25-21)15-26-13-19-11-24(29,12-20(19)14-26)10-16-4-2-1-3-5-16/h1-8,19-20,29H,9-15H2,(H,25,28)/t19-,20+,24+. The number of ketones is 1. The number of carbonyl (C=O) groups is 2. The molecule has 29 heavy (non-hydrogen) atoms. The van der Waals surface area contributed by atoms with Crippen LogP contribution in [0.5, 0.6) is 0 Å². The number of nitrogens with zero attached hydrogens (tertiary/aromatic N) is 1. The first-order valence-electron chi connectivity index (χ1n) is 10.4. The fraction of sp³-hybridized carbons (Fsp3) is 0.417. The molecule has 3 atom stereocenters. The topological polar surface area (TPSA) is 69.6 Å². The summed E-state index contributed by atoms with van der Waals surface area (Å²) in [5.41, 5.74) is 2.97. The van der Waals surface area contributed by atoms with Crippen LogP contribution in [0.15, 0.2) is 48.5 Å². The monoisotopic (exact) mass is 390 g/mol. The van der Waals surface area contributed by atoms with Gasteiger partial charge in [0.1, 0.15) is 0 Å². The highest BCUT2D eigenvalue weighted by Gasteiger charge is 2.48. The number of Topliss-reactive ketones (excluding diaryl/α,β-unsaturated/α-hetero) is 1. The Morgan fingerprint density at radius 1 is 1.10 bits per heavy atom. The molecule has 5 nitrogen and oxygen atoms in total. The van der Waals surface area contributed by atoms with Gasteiger partial charge in [0, 0.05) is 30.8 Å². The minimum absolute atomic E-state index is 0.0139. The van der Waals surface area contributed by atoms with Crippen molar-refractivity contribution in [3.8, 4) is 0 Å². The number of likely N-dealkylation sites (tertiary alicyclic amines) is 1. The average Bonchev–Trinajstić information content (AvgIpc) is 3.31. The van der Waals surface area contributed by atoms with Crippen LogP contribution in [0.2, 0.25) is 0 Å². The molecule has 1 saturated carbocycles. The molecule has 5 heteroatoms. The van der Waals surface area contributed by atoms with Crippen molar-refractivity contribution in [2.45, 2.75) is 31.3 Å². The number of fused-ring (bicyclic) bond motifs is 2. The third-order valence-electron chi connectivity index (χ3n) is 6.73. The highest BCUT2D eigenvalue weighted by atomic mass is 16.3. The van der Waals surface area contributed by atoms with E-state index in [1.807, 2.05) is 36.4 Å². The number of amides is 1. The Hall–Kier alpha value is -2.50. The summed E-state index contributed by atoms with van der Waals surface area (Å²) in [5.74, 6) is 1.00. The van der Waals surface area contributed by atoms with Gasteiger partial charge >= 0.3 is 0 Å². The summed E-state index contributed by atoms with van der Waals surface area (Å²) in [6.07, 6.45) is 2.68. The quantitative estimate of drug-likeness (QED) is 0.770. The average molecular weight is 390 g/mol. The molecule has 0 bridgehead atoms. The second-order valence-corrected chi connectivity index (χ2v) is 9.03. The van der Waals surface area contributed by atoms with Crippen molar-refractivity contribution in [2.24, 2.45) is 11.8 Å². The van der Waals surface area contributed by atoms with Gasteiger partial charge in [-0.25, -0.2) is 0 Å².